The van der Waals surface area contributed by atoms with Gasteiger partial charge in [-0.25, -0.2) is 0 Å². The molecule has 3 aromatic carbocycles. The maximum atomic E-state index is 14.1. The highest BCUT2D eigenvalue weighted by atomic mass is 35.5. The van der Waals surface area contributed by atoms with Crippen molar-refractivity contribution in [2.24, 2.45) is 5.41 Å². The van der Waals surface area contributed by atoms with Crippen LogP contribution in [0.5, 0.6) is 0 Å². The number of hydrogen-bond donors (Lipinski definition) is 3. The number of aliphatic hydroxyl groups excluding tert-OH is 2. The predicted molar refractivity (Wildman–Crippen MR) is 141 cm³/mol. The summed E-state index contributed by atoms with van der Waals surface area (Å²) in [5, 5.41) is 31.6. The third kappa shape index (κ3) is 4.67. The zero-order valence-electron chi connectivity index (χ0n) is 20.5. The van der Waals surface area contributed by atoms with Gasteiger partial charge in [-0.1, -0.05) is 59.6 Å². The van der Waals surface area contributed by atoms with Gasteiger partial charge in [-0.15, -0.1) is 0 Å². The second kappa shape index (κ2) is 9.70. The molecule has 0 saturated heterocycles. The van der Waals surface area contributed by atoms with Crippen LogP contribution in [-0.2, 0) is 22.6 Å². The number of hydrogen-bond acceptors (Lipinski definition) is 5. The van der Waals surface area contributed by atoms with Crippen LogP contribution in [-0.4, -0.2) is 45.9 Å². The molecule has 1 heterocycles. The van der Waals surface area contributed by atoms with Crippen molar-refractivity contribution >= 4 is 29.1 Å². The number of amides is 1. The number of benzene rings is 3. The molecule has 2 aliphatic rings. The standard InChI is InChI=1S/C29H29Cl2NO5/c1-27(36,16-33)21-6-11-25-24(14-21)26(35)32(15-19-2-7-22(30)8-3-19)29(25,20-4-9-23(31)10-5-20)37-18-28(17-34)12-13-28/h2-11,14,33-34,36H,12-13,15-18H2,1H3/t27-,29+/m0/s1. The summed E-state index contributed by atoms with van der Waals surface area (Å²) < 4.78 is 6.76. The van der Waals surface area contributed by atoms with E-state index in [1.165, 1.54) is 6.92 Å². The van der Waals surface area contributed by atoms with Crippen LogP contribution < -0.4 is 0 Å². The second-order valence-corrected chi connectivity index (χ2v) is 11.2. The molecule has 1 aliphatic heterocycles. The summed E-state index contributed by atoms with van der Waals surface area (Å²) in [4.78, 5) is 15.8. The summed E-state index contributed by atoms with van der Waals surface area (Å²) >= 11 is 12.3. The molecule has 2 atom stereocenters. The van der Waals surface area contributed by atoms with Gasteiger partial charge in [-0.05, 0) is 61.2 Å². The van der Waals surface area contributed by atoms with Gasteiger partial charge in [-0.2, -0.15) is 0 Å². The van der Waals surface area contributed by atoms with Crippen molar-refractivity contribution in [1.29, 1.82) is 0 Å². The number of aliphatic hydroxyl groups is 3. The van der Waals surface area contributed by atoms with Gasteiger partial charge in [0.2, 0.25) is 0 Å². The first-order valence-corrected chi connectivity index (χ1v) is 13.0. The summed E-state index contributed by atoms with van der Waals surface area (Å²) in [5.74, 6) is -0.274. The minimum Gasteiger partial charge on any atom is -0.396 e. The summed E-state index contributed by atoms with van der Waals surface area (Å²) in [6.45, 7) is 1.49. The van der Waals surface area contributed by atoms with Crippen molar-refractivity contribution in [3.8, 4) is 0 Å². The molecule has 0 aromatic heterocycles. The van der Waals surface area contributed by atoms with Crippen molar-refractivity contribution in [2.45, 2.75) is 37.6 Å². The number of nitrogens with zero attached hydrogens (tertiary/aromatic N) is 1. The smallest absolute Gasteiger partial charge is 0.257 e. The Morgan fingerprint density at radius 1 is 0.973 bits per heavy atom. The fraction of sp³-hybridized carbons (Fsp3) is 0.345. The Labute approximate surface area is 226 Å². The molecule has 1 saturated carbocycles. The van der Waals surface area contributed by atoms with Gasteiger partial charge in [0.25, 0.3) is 5.91 Å². The fourth-order valence-corrected chi connectivity index (χ4v) is 5.09. The number of carbonyl (C=O) groups excluding carboxylic acids is 1. The third-order valence-electron chi connectivity index (χ3n) is 7.54. The number of carbonyl (C=O) groups is 1. The highest BCUT2D eigenvalue weighted by Crippen LogP contribution is 2.51. The highest BCUT2D eigenvalue weighted by molar-refractivity contribution is 6.30. The average Bonchev–Trinajstić information content (AvgIpc) is 3.65. The molecule has 8 heteroatoms. The van der Waals surface area contributed by atoms with Gasteiger partial charge < -0.3 is 20.1 Å². The van der Waals surface area contributed by atoms with E-state index in [0.717, 1.165) is 18.4 Å². The number of fused-ring (bicyclic) bond motifs is 1. The van der Waals surface area contributed by atoms with Gasteiger partial charge in [-0.3, -0.25) is 9.69 Å². The normalized spacial score (nSPS) is 21.6. The molecule has 0 bridgehead atoms. The topological polar surface area (TPSA) is 90.2 Å². The lowest BCUT2D eigenvalue weighted by Gasteiger charge is -2.40. The SMILES string of the molecule is C[C@](O)(CO)c1ccc2c(c1)C(=O)N(Cc1ccc(Cl)cc1)[C@@]2(OCC1(CO)CC1)c1ccc(Cl)cc1. The van der Waals surface area contributed by atoms with Crippen molar-refractivity contribution in [3.05, 3.63) is 105 Å². The largest absolute Gasteiger partial charge is 0.396 e. The van der Waals surface area contributed by atoms with Crippen LogP contribution in [0.3, 0.4) is 0 Å². The van der Waals surface area contributed by atoms with Crippen LogP contribution in [0, 0.1) is 5.41 Å². The Kier molecular flexibility index (Phi) is 6.86. The molecule has 1 aliphatic carbocycles. The first-order chi connectivity index (χ1) is 17.6. The van der Waals surface area contributed by atoms with E-state index in [4.69, 9.17) is 27.9 Å². The van der Waals surface area contributed by atoms with Gasteiger partial charge in [0, 0.05) is 38.7 Å². The Bertz CT molecular complexity index is 1300. The van der Waals surface area contributed by atoms with E-state index >= 15 is 0 Å². The molecule has 0 unspecified atom stereocenters. The summed E-state index contributed by atoms with van der Waals surface area (Å²) in [6, 6.07) is 19.6. The van der Waals surface area contributed by atoms with E-state index in [1.807, 2.05) is 24.3 Å². The molecule has 1 amide bonds. The van der Waals surface area contributed by atoms with Crippen LogP contribution in [0.25, 0.3) is 0 Å². The molecule has 0 radical (unpaired) electrons. The van der Waals surface area contributed by atoms with E-state index < -0.39 is 17.9 Å². The van der Waals surface area contributed by atoms with Crippen LogP contribution in [0.2, 0.25) is 10.0 Å². The van der Waals surface area contributed by atoms with E-state index in [-0.39, 0.29) is 31.1 Å². The molecule has 1 fully saturated rings. The highest BCUT2D eigenvalue weighted by Gasteiger charge is 2.55. The maximum Gasteiger partial charge on any atom is 0.257 e. The molecule has 5 rings (SSSR count). The molecule has 194 valence electrons. The van der Waals surface area contributed by atoms with Crippen molar-refractivity contribution in [2.75, 3.05) is 19.8 Å². The predicted octanol–water partition coefficient (Wildman–Crippen LogP) is 4.84. The Morgan fingerprint density at radius 3 is 2.16 bits per heavy atom. The molecule has 6 nitrogen and oxygen atoms in total. The van der Waals surface area contributed by atoms with Crippen molar-refractivity contribution < 1.29 is 24.9 Å². The quantitative estimate of drug-likeness (QED) is 0.360. The van der Waals surface area contributed by atoms with Gasteiger partial charge in [0.15, 0.2) is 5.72 Å². The van der Waals surface area contributed by atoms with Gasteiger partial charge in [0.1, 0.15) is 5.60 Å². The van der Waals surface area contributed by atoms with Crippen LogP contribution in [0.4, 0.5) is 0 Å². The minimum atomic E-state index is -1.52. The Balaban J connectivity index is 1.70. The van der Waals surface area contributed by atoms with E-state index in [0.29, 0.717) is 32.3 Å². The molecular weight excluding hydrogens is 513 g/mol. The summed E-state index contributed by atoms with van der Waals surface area (Å²) in [6.07, 6.45) is 1.69. The van der Waals surface area contributed by atoms with Crippen molar-refractivity contribution in [3.63, 3.8) is 0 Å². The molecule has 37 heavy (non-hydrogen) atoms. The zero-order chi connectivity index (χ0) is 26.4. The van der Waals surface area contributed by atoms with Crippen molar-refractivity contribution in [1.82, 2.24) is 4.90 Å². The fourth-order valence-electron chi connectivity index (χ4n) is 4.84. The first-order valence-electron chi connectivity index (χ1n) is 12.2. The molecular formula is C29H29Cl2NO5. The van der Waals surface area contributed by atoms with Crippen LogP contribution >= 0.6 is 23.2 Å². The van der Waals surface area contributed by atoms with Gasteiger partial charge in [0.05, 0.1) is 19.8 Å². The van der Waals surface area contributed by atoms with E-state index in [1.54, 1.807) is 47.4 Å². The number of rotatable bonds is 9. The minimum absolute atomic E-state index is 0.00000924. The molecule has 3 aromatic rings. The monoisotopic (exact) mass is 541 g/mol. The lowest BCUT2D eigenvalue weighted by Crippen LogP contribution is -2.47. The number of halogens is 2. The molecule has 3 N–H and O–H groups in total. The zero-order valence-corrected chi connectivity index (χ0v) is 22.0. The summed E-state index contributed by atoms with van der Waals surface area (Å²) in [5.41, 5.74) is -0.148. The number of ether oxygens (including phenoxy) is 1. The lowest BCUT2D eigenvalue weighted by molar-refractivity contribution is -0.128. The van der Waals surface area contributed by atoms with Crippen LogP contribution in [0.1, 0.15) is 52.4 Å². The Morgan fingerprint density at radius 2 is 1.59 bits per heavy atom. The third-order valence-corrected chi connectivity index (χ3v) is 8.04. The van der Waals surface area contributed by atoms with Gasteiger partial charge >= 0.3 is 0 Å². The maximum absolute atomic E-state index is 14.1. The second-order valence-electron chi connectivity index (χ2n) is 10.3. The Hall–Kier alpha value is -2.45. The van der Waals surface area contributed by atoms with E-state index in [2.05, 4.69) is 0 Å². The lowest BCUT2D eigenvalue weighted by atomic mass is 9.88. The van der Waals surface area contributed by atoms with Crippen LogP contribution in [0.15, 0.2) is 66.7 Å². The van der Waals surface area contributed by atoms with E-state index in [9.17, 15) is 20.1 Å². The average molecular weight is 542 g/mol. The molecule has 0 spiro atoms. The summed E-state index contributed by atoms with van der Waals surface area (Å²) in [7, 11) is 0. The first kappa shape index (κ1) is 26.2.